The van der Waals surface area contributed by atoms with Crippen LogP contribution in [0.2, 0.25) is 0 Å². The van der Waals surface area contributed by atoms with E-state index in [-0.39, 0.29) is 19.3 Å². The van der Waals surface area contributed by atoms with Gasteiger partial charge in [-0.2, -0.15) is 26.3 Å². The van der Waals surface area contributed by atoms with Crippen molar-refractivity contribution in [2.75, 3.05) is 20.8 Å². The van der Waals surface area contributed by atoms with Gasteiger partial charge in [-0.25, -0.2) is 9.59 Å². The SMILES string of the molecule is CCCCC[C@H](CCCOC(=O)C(OC)(c1ccccc1)C(F)(F)F)OC(=O)C(OC)(c1ccccc1)C(F)(F)F. The maximum absolute atomic E-state index is 14.3. The summed E-state index contributed by atoms with van der Waals surface area (Å²) in [5.74, 6) is -3.37. The van der Waals surface area contributed by atoms with Gasteiger partial charge in [-0.1, -0.05) is 80.4 Å². The Bertz CT molecular complexity index is 1090. The standard InChI is InChI=1S/C29H34F6O6/c1-4-5-8-18-23(41-25(37)27(39-3,29(33,34)35)22-16-11-7-12-17-22)19-13-20-40-24(36)26(38-2,28(30,31)32)21-14-9-6-10-15-21/h6-7,9-12,14-17,23H,4-5,8,13,18-20H2,1-3H3/t23-,26?,27?/m1/s1. The van der Waals surface area contributed by atoms with Crippen molar-refractivity contribution in [3.8, 4) is 0 Å². The second-order valence-electron chi connectivity index (χ2n) is 9.30. The minimum atomic E-state index is -5.16. The van der Waals surface area contributed by atoms with E-state index in [4.69, 9.17) is 14.2 Å². The molecule has 2 rings (SSSR count). The first-order chi connectivity index (χ1) is 19.3. The molecular formula is C29H34F6O6. The Kier molecular flexibility index (Phi) is 12.2. The van der Waals surface area contributed by atoms with Crippen molar-refractivity contribution in [1.29, 1.82) is 0 Å². The first kappa shape index (κ1) is 34.1. The minimum absolute atomic E-state index is 0.0769. The van der Waals surface area contributed by atoms with E-state index in [9.17, 15) is 35.9 Å². The molecule has 41 heavy (non-hydrogen) atoms. The van der Waals surface area contributed by atoms with Gasteiger partial charge in [0, 0.05) is 25.3 Å². The van der Waals surface area contributed by atoms with Gasteiger partial charge in [0.05, 0.1) is 6.61 Å². The van der Waals surface area contributed by atoms with Crippen LogP contribution in [0.4, 0.5) is 26.3 Å². The normalized spacial score (nSPS) is 15.8. The molecule has 228 valence electrons. The molecule has 0 N–H and O–H groups in total. The zero-order chi connectivity index (χ0) is 30.7. The molecule has 0 aromatic heterocycles. The lowest BCUT2D eigenvalue weighted by Crippen LogP contribution is -2.52. The fourth-order valence-corrected chi connectivity index (χ4v) is 4.47. The van der Waals surface area contributed by atoms with Crippen LogP contribution in [-0.2, 0) is 39.7 Å². The monoisotopic (exact) mass is 592 g/mol. The fourth-order valence-electron chi connectivity index (χ4n) is 4.47. The molecule has 0 bridgehead atoms. The molecule has 0 aliphatic heterocycles. The van der Waals surface area contributed by atoms with Gasteiger partial charge >= 0.3 is 24.3 Å². The summed E-state index contributed by atoms with van der Waals surface area (Å²) in [5, 5.41) is 0. The van der Waals surface area contributed by atoms with Crippen LogP contribution in [0.1, 0.15) is 56.6 Å². The van der Waals surface area contributed by atoms with E-state index in [1.54, 1.807) is 0 Å². The molecule has 0 aliphatic rings. The van der Waals surface area contributed by atoms with Crippen molar-refractivity contribution < 1.29 is 54.9 Å². The Balaban J connectivity index is 2.19. The van der Waals surface area contributed by atoms with Crippen molar-refractivity contribution >= 4 is 11.9 Å². The minimum Gasteiger partial charge on any atom is -0.463 e. The number of esters is 2. The van der Waals surface area contributed by atoms with E-state index in [0.717, 1.165) is 44.9 Å². The lowest BCUT2D eigenvalue weighted by Gasteiger charge is -2.34. The molecule has 0 heterocycles. The van der Waals surface area contributed by atoms with Gasteiger partial charge in [0.25, 0.3) is 11.2 Å². The average molecular weight is 593 g/mol. The quantitative estimate of drug-likeness (QED) is 0.126. The molecule has 0 aliphatic carbocycles. The van der Waals surface area contributed by atoms with Crippen LogP contribution in [0, 0.1) is 0 Å². The maximum Gasteiger partial charge on any atom is 0.432 e. The Hall–Kier alpha value is -3.12. The van der Waals surface area contributed by atoms with Crippen LogP contribution in [0.5, 0.6) is 0 Å². The van der Waals surface area contributed by atoms with Crippen molar-refractivity contribution in [2.24, 2.45) is 0 Å². The summed E-state index contributed by atoms with van der Waals surface area (Å²) in [6, 6.07) is 12.6. The first-order valence-electron chi connectivity index (χ1n) is 13.0. The highest BCUT2D eigenvalue weighted by molar-refractivity contribution is 5.83. The van der Waals surface area contributed by atoms with Gasteiger partial charge in [-0.15, -0.1) is 0 Å². The van der Waals surface area contributed by atoms with E-state index in [0.29, 0.717) is 12.8 Å². The van der Waals surface area contributed by atoms with Crippen LogP contribution in [-0.4, -0.2) is 51.2 Å². The van der Waals surface area contributed by atoms with Gasteiger partial charge in [0.15, 0.2) is 0 Å². The molecule has 2 aromatic carbocycles. The van der Waals surface area contributed by atoms with Crippen molar-refractivity contribution in [2.45, 2.75) is 75.1 Å². The Morgan fingerprint density at radius 3 is 1.54 bits per heavy atom. The topological polar surface area (TPSA) is 71.1 Å². The number of methoxy groups -OCH3 is 2. The van der Waals surface area contributed by atoms with Crippen molar-refractivity contribution in [1.82, 2.24) is 0 Å². The Morgan fingerprint density at radius 1 is 0.683 bits per heavy atom. The van der Waals surface area contributed by atoms with Crippen LogP contribution in [0.25, 0.3) is 0 Å². The number of carbonyl (C=O) groups is 2. The molecule has 0 saturated heterocycles. The van der Waals surface area contributed by atoms with Crippen LogP contribution in [0.3, 0.4) is 0 Å². The zero-order valence-electron chi connectivity index (χ0n) is 23.0. The smallest absolute Gasteiger partial charge is 0.432 e. The van der Waals surface area contributed by atoms with Crippen LogP contribution >= 0.6 is 0 Å². The van der Waals surface area contributed by atoms with Crippen LogP contribution in [0.15, 0.2) is 60.7 Å². The Morgan fingerprint density at radius 2 is 1.12 bits per heavy atom. The van der Waals surface area contributed by atoms with Gasteiger partial charge in [-0.05, 0) is 25.7 Å². The van der Waals surface area contributed by atoms with E-state index in [2.05, 4.69) is 4.74 Å². The molecule has 12 heteroatoms. The number of rotatable bonds is 15. The number of carbonyl (C=O) groups excluding carboxylic acids is 2. The Labute approximate surface area is 234 Å². The van der Waals surface area contributed by atoms with E-state index >= 15 is 0 Å². The number of unbranched alkanes of at least 4 members (excludes halogenated alkanes) is 2. The highest BCUT2D eigenvalue weighted by atomic mass is 19.4. The maximum atomic E-state index is 14.3. The highest BCUT2D eigenvalue weighted by Gasteiger charge is 2.65. The summed E-state index contributed by atoms with van der Waals surface area (Å²) in [7, 11) is 1.49. The lowest BCUT2D eigenvalue weighted by molar-refractivity contribution is -0.279. The summed E-state index contributed by atoms with van der Waals surface area (Å²) in [4.78, 5) is 25.8. The molecule has 0 spiro atoms. The molecular weight excluding hydrogens is 558 g/mol. The third-order valence-corrected chi connectivity index (χ3v) is 6.65. The molecule has 0 saturated carbocycles. The second kappa shape index (κ2) is 14.7. The number of halogens is 6. The number of hydrogen-bond donors (Lipinski definition) is 0. The molecule has 2 aromatic rings. The van der Waals surface area contributed by atoms with Gasteiger partial charge in [-0.3, -0.25) is 0 Å². The number of alkyl halides is 6. The molecule has 3 atom stereocenters. The van der Waals surface area contributed by atoms with Crippen molar-refractivity contribution in [3.63, 3.8) is 0 Å². The fraction of sp³-hybridized carbons (Fsp3) is 0.517. The second-order valence-corrected chi connectivity index (χ2v) is 9.30. The van der Waals surface area contributed by atoms with E-state index in [1.807, 2.05) is 6.92 Å². The van der Waals surface area contributed by atoms with Gasteiger partial charge < -0.3 is 18.9 Å². The summed E-state index contributed by atoms with van der Waals surface area (Å²) >= 11 is 0. The summed E-state index contributed by atoms with van der Waals surface area (Å²) in [5.41, 5.74) is -7.70. The number of ether oxygens (including phenoxy) is 4. The lowest BCUT2D eigenvalue weighted by atomic mass is 9.92. The van der Waals surface area contributed by atoms with E-state index < -0.39 is 59.3 Å². The predicted molar refractivity (Wildman–Crippen MR) is 137 cm³/mol. The van der Waals surface area contributed by atoms with Crippen LogP contribution < -0.4 is 0 Å². The molecule has 2 unspecified atom stereocenters. The van der Waals surface area contributed by atoms with Crippen molar-refractivity contribution in [3.05, 3.63) is 71.8 Å². The van der Waals surface area contributed by atoms with E-state index in [1.165, 1.54) is 36.4 Å². The molecule has 0 amide bonds. The number of hydrogen-bond acceptors (Lipinski definition) is 6. The molecule has 0 fully saturated rings. The third-order valence-electron chi connectivity index (χ3n) is 6.65. The third kappa shape index (κ3) is 7.59. The van der Waals surface area contributed by atoms with Gasteiger partial charge in [0.1, 0.15) is 6.10 Å². The zero-order valence-corrected chi connectivity index (χ0v) is 23.0. The average Bonchev–Trinajstić information content (AvgIpc) is 2.92. The summed E-state index contributed by atoms with van der Waals surface area (Å²) in [6.45, 7) is 1.38. The summed E-state index contributed by atoms with van der Waals surface area (Å²) < 4.78 is 105. The molecule has 0 radical (unpaired) electrons. The predicted octanol–water partition coefficient (Wildman–Crippen LogP) is 7.01. The first-order valence-corrected chi connectivity index (χ1v) is 13.0. The van der Waals surface area contributed by atoms with Gasteiger partial charge in [0.2, 0.25) is 0 Å². The summed E-state index contributed by atoms with van der Waals surface area (Å²) in [6.07, 6.45) is -9.35. The highest BCUT2D eigenvalue weighted by Crippen LogP contribution is 2.44. The number of benzene rings is 2. The largest absolute Gasteiger partial charge is 0.463 e. The molecule has 6 nitrogen and oxygen atoms in total.